The van der Waals surface area contributed by atoms with E-state index in [-0.39, 0.29) is 0 Å². The SMILES string of the molecule is CC.CCc1ccc(C)cc1CCC1CC1. The molecule has 0 aliphatic heterocycles. The van der Waals surface area contributed by atoms with Crippen molar-refractivity contribution in [3.8, 4) is 0 Å². The second-order valence-corrected chi connectivity index (χ2v) is 4.61. The lowest BCUT2D eigenvalue weighted by atomic mass is 9.98. The lowest BCUT2D eigenvalue weighted by Gasteiger charge is -2.08. The summed E-state index contributed by atoms with van der Waals surface area (Å²) in [5.74, 6) is 1.06. The average molecular weight is 218 g/mol. The van der Waals surface area contributed by atoms with Crippen LogP contribution in [-0.4, -0.2) is 0 Å². The second kappa shape index (κ2) is 6.73. The van der Waals surface area contributed by atoms with Gasteiger partial charge in [0.1, 0.15) is 0 Å². The Balaban J connectivity index is 0.000000606. The molecule has 1 aliphatic carbocycles. The molecule has 0 aromatic heterocycles. The maximum Gasteiger partial charge on any atom is -0.0273 e. The van der Waals surface area contributed by atoms with Gasteiger partial charge < -0.3 is 0 Å². The average Bonchev–Trinajstić information content (AvgIpc) is 3.13. The molecule has 0 unspecified atom stereocenters. The van der Waals surface area contributed by atoms with Gasteiger partial charge in [-0.2, -0.15) is 0 Å². The molecule has 0 spiro atoms. The van der Waals surface area contributed by atoms with Crippen LogP contribution < -0.4 is 0 Å². The Kier molecular flexibility index (Phi) is 5.59. The van der Waals surface area contributed by atoms with Crippen LogP contribution in [0.3, 0.4) is 0 Å². The molecule has 0 amide bonds. The Bertz CT molecular complexity index is 308. The summed E-state index contributed by atoms with van der Waals surface area (Å²) < 4.78 is 0. The van der Waals surface area contributed by atoms with Crippen LogP contribution >= 0.6 is 0 Å². The minimum Gasteiger partial charge on any atom is -0.0683 e. The molecule has 0 bridgehead atoms. The fraction of sp³-hybridized carbons (Fsp3) is 0.625. The van der Waals surface area contributed by atoms with Crippen LogP contribution in [-0.2, 0) is 12.8 Å². The van der Waals surface area contributed by atoms with Gasteiger partial charge in [0.25, 0.3) is 0 Å². The molecule has 1 saturated carbocycles. The van der Waals surface area contributed by atoms with E-state index in [1.807, 2.05) is 13.8 Å². The zero-order valence-electron chi connectivity index (χ0n) is 11.3. The van der Waals surface area contributed by atoms with Crippen LogP contribution in [0.5, 0.6) is 0 Å². The van der Waals surface area contributed by atoms with E-state index in [1.165, 1.54) is 37.7 Å². The molecule has 0 N–H and O–H groups in total. The van der Waals surface area contributed by atoms with E-state index in [0.717, 1.165) is 5.92 Å². The Labute approximate surface area is 101 Å². The molecule has 1 aromatic rings. The standard InChI is InChI=1S/C14H20.C2H6/c1-3-13-8-4-11(2)10-14(13)9-7-12-5-6-12;1-2/h4,8,10,12H,3,5-7,9H2,1-2H3;1-2H3. The van der Waals surface area contributed by atoms with Crippen molar-refractivity contribution in [2.45, 2.75) is 59.8 Å². The van der Waals surface area contributed by atoms with Crippen molar-refractivity contribution in [2.24, 2.45) is 5.92 Å². The molecule has 0 saturated heterocycles. The van der Waals surface area contributed by atoms with Gasteiger partial charge >= 0.3 is 0 Å². The molecular formula is C16H26. The first-order valence-corrected chi connectivity index (χ1v) is 6.88. The summed E-state index contributed by atoms with van der Waals surface area (Å²) in [6.45, 7) is 8.45. The van der Waals surface area contributed by atoms with E-state index in [0.29, 0.717) is 0 Å². The molecule has 0 heteroatoms. The molecule has 0 nitrogen and oxygen atoms in total. The second-order valence-electron chi connectivity index (χ2n) is 4.61. The molecule has 0 radical (unpaired) electrons. The highest BCUT2D eigenvalue weighted by Gasteiger charge is 2.20. The fourth-order valence-corrected chi connectivity index (χ4v) is 2.10. The quantitative estimate of drug-likeness (QED) is 0.672. The molecule has 0 heterocycles. The molecule has 16 heavy (non-hydrogen) atoms. The van der Waals surface area contributed by atoms with Crippen LogP contribution in [0.1, 0.15) is 56.7 Å². The Hall–Kier alpha value is -0.780. The minimum atomic E-state index is 1.06. The van der Waals surface area contributed by atoms with Gasteiger partial charge in [-0.15, -0.1) is 0 Å². The van der Waals surface area contributed by atoms with Gasteiger partial charge in [-0.1, -0.05) is 57.4 Å². The van der Waals surface area contributed by atoms with Crippen LogP contribution in [0.25, 0.3) is 0 Å². The Morgan fingerprint density at radius 2 is 1.81 bits per heavy atom. The first-order valence-electron chi connectivity index (χ1n) is 6.88. The summed E-state index contributed by atoms with van der Waals surface area (Å²) in [6.07, 6.45) is 6.85. The minimum absolute atomic E-state index is 1.06. The first kappa shape index (κ1) is 13.3. The van der Waals surface area contributed by atoms with E-state index >= 15 is 0 Å². The predicted molar refractivity (Wildman–Crippen MR) is 73.0 cm³/mol. The van der Waals surface area contributed by atoms with E-state index in [4.69, 9.17) is 0 Å². The lowest BCUT2D eigenvalue weighted by molar-refractivity contribution is 0.721. The normalized spacial score (nSPS) is 14.2. The highest BCUT2D eigenvalue weighted by molar-refractivity contribution is 5.31. The monoisotopic (exact) mass is 218 g/mol. The van der Waals surface area contributed by atoms with Crippen molar-refractivity contribution in [1.29, 1.82) is 0 Å². The summed E-state index contributed by atoms with van der Waals surface area (Å²) in [5.41, 5.74) is 4.56. The van der Waals surface area contributed by atoms with E-state index in [9.17, 15) is 0 Å². The molecule has 2 rings (SSSR count). The maximum atomic E-state index is 2.38. The van der Waals surface area contributed by atoms with Crippen LogP contribution in [0.15, 0.2) is 18.2 Å². The Morgan fingerprint density at radius 3 is 2.38 bits per heavy atom. The van der Waals surface area contributed by atoms with Crippen LogP contribution in [0, 0.1) is 12.8 Å². The summed E-state index contributed by atoms with van der Waals surface area (Å²) in [7, 11) is 0. The van der Waals surface area contributed by atoms with Gasteiger partial charge in [-0.3, -0.25) is 0 Å². The van der Waals surface area contributed by atoms with Crippen molar-refractivity contribution in [2.75, 3.05) is 0 Å². The van der Waals surface area contributed by atoms with Gasteiger partial charge in [0.15, 0.2) is 0 Å². The third-order valence-electron chi connectivity index (χ3n) is 3.26. The third kappa shape index (κ3) is 4.00. The van der Waals surface area contributed by atoms with Gasteiger partial charge in [0, 0.05) is 0 Å². The number of benzene rings is 1. The molecule has 1 fully saturated rings. The van der Waals surface area contributed by atoms with E-state index < -0.39 is 0 Å². The topological polar surface area (TPSA) is 0 Å². The summed E-state index contributed by atoms with van der Waals surface area (Å²) >= 11 is 0. The predicted octanol–water partition coefficient (Wildman–Crippen LogP) is 4.93. The number of rotatable bonds is 4. The fourth-order valence-electron chi connectivity index (χ4n) is 2.10. The molecule has 1 aliphatic rings. The zero-order valence-corrected chi connectivity index (χ0v) is 11.3. The van der Waals surface area contributed by atoms with E-state index in [2.05, 4.69) is 32.0 Å². The van der Waals surface area contributed by atoms with Crippen LogP contribution in [0.4, 0.5) is 0 Å². The Morgan fingerprint density at radius 1 is 1.12 bits per heavy atom. The number of hydrogen-bond acceptors (Lipinski definition) is 0. The van der Waals surface area contributed by atoms with E-state index in [1.54, 1.807) is 11.1 Å². The van der Waals surface area contributed by atoms with Gasteiger partial charge in [-0.25, -0.2) is 0 Å². The zero-order chi connectivity index (χ0) is 12.0. The van der Waals surface area contributed by atoms with Gasteiger partial charge in [-0.05, 0) is 43.2 Å². The third-order valence-corrected chi connectivity index (χ3v) is 3.26. The highest BCUT2D eigenvalue weighted by Crippen LogP contribution is 2.34. The van der Waals surface area contributed by atoms with Gasteiger partial charge in [0.05, 0.1) is 0 Å². The smallest absolute Gasteiger partial charge is 0.0273 e. The lowest BCUT2D eigenvalue weighted by Crippen LogP contribution is -1.94. The molecule has 90 valence electrons. The van der Waals surface area contributed by atoms with Crippen LogP contribution in [0.2, 0.25) is 0 Å². The van der Waals surface area contributed by atoms with Crippen molar-refractivity contribution < 1.29 is 0 Å². The number of aryl methyl sites for hydroxylation is 3. The first-order chi connectivity index (χ1) is 7.79. The van der Waals surface area contributed by atoms with Crippen molar-refractivity contribution in [3.63, 3.8) is 0 Å². The van der Waals surface area contributed by atoms with Gasteiger partial charge in [0.2, 0.25) is 0 Å². The highest BCUT2D eigenvalue weighted by atomic mass is 14.3. The molecular weight excluding hydrogens is 192 g/mol. The molecule has 1 aromatic carbocycles. The molecule has 0 atom stereocenters. The summed E-state index contributed by atoms with van der Waals surface area (Å²) in [6, 6.07) is 6.91. The number of hydrogen-bond donors (Lipinski definition) is 0. The summed E-state index contributed by atoms with van der Waals surface area (Å²) in [5, 5.41) is 0. The largest absolute Gasteiger partial charge is 0.0683 e. The van der Waals surface area contributed by atoms with Crippen molar-refractivity contribution >= 4 is 0 Å². The van der Waals surface area contributed by atoms with Crippen molar-refractivity contribution in [3.05, 3.63) is 34.9 Å². The van der Waals surface area contributed by atoms with Crippen molar-refractivity contribution in [1.82, 2.24) is 0 Å². The maximum absolute atomic E-state index is 2.38. The summed E-state index contributed by atoms with van der Waals surface area (Å²) in [4.78, 5) is 0.